The topological polar surface area (TPSA) is 55.8 Å². The van der Waals surface area contributed by atoms with Gasteiger partial charge in [0.2, 0.25) is 5.91 Å². The number of methoxy groups -OCH3 is 2. The quantitative estimate of drug-likeness (QED) is 0.645. The first kappa shape index (κ1) is 21.9. The molecule has 0 saturated carbocycles. The van der Waals surface area contributed by atoms with E-state index in [0.717, 1.165) is 11.0 Å². The predicted molar refractivity (Wildman–Crippen MR) is 112 cm³/mol. The largest absolute Gasteiger partial charge is 0.497 e. The van der Waals surface area contributed by atoms with Gasteiger partial charge in [0.1, 0.15) is 11.5 Å². The Balaban J connectivity index is 1.93. The van der Waals surface area contributed by atoms with E-state index >= 15 is 0 Å². The average Bonchev–Trinajstić information content (AvgIpc) is 2.77. The van der Waals surface area contributed by atoms with E-state index in [9.17, 15) is 22.8 Å². The number of hydrogen-bond acceptors (Lipinski definition) is 4. The van der Waals surface area contributed by atoms with Crippen LogP contribution in [0, 0.1) is 0 Å². The molecule has 2 aromatic carbocycles. The molecule has 0 bridgehead atoms. The van der Waals surface area contributed by atoms with Crippen molar-refractivity contribution >= 4 is 17.4 Å². The fraction of sp³-hybridized carbons (Fsp3) is 0.333. The van der Waals surface area contributed by atoms with Crippen molar-refractivity contribution < 1.29 is 32.2 Å². The molecule has 32 heavy (non-hydrogen) atoms. The monoisotopic (exact) mass is 445 g/mol. The lowest BCUT2D eigenvalue weighted by Gasteiger charge is -2.39. The number of hydrogen-bond donors (Lipinski definition) is 0. The van der Waals surface area contributed by atoms with Crippen molar-refractivity contribution in [2.24, 2.45) is 0 Å². The van der Waals surface area contributed by atoms with Crippen LogP contribution in [-0.4, -0.2) is 25.9 Å². The second kappa shape index (κ2) is 8.33. The zero-order valence-electron chi connectivity index (χ0n) is 17.7. The number of carbonyl (C=O) groups excluding carboxylic acids is 2. The maximum atomic E-state index is 13.7. The Morgan fingerprint density at radius 1 is 1.00 bits per heavy atom. The number of ketones is 1. The number of para-hydroxylation sites is 1. The summed E-state index contributed by atoms with van der Waals surface area (Å²) in [6, 6.07) is 10.1. The molecule has 0 N–H and O–H groups in total. The first-order valence-electron chi connectivity index (χ1n) is 10.2. The van der Waals surface area contributed by atoms with E-state index in [1.54, 1.807) is 18.2 Å². The van der Waals surface area contributed by atoms with Crippen LogP contribution in [0.15, 0.2) is 53.7 Å². The molecule has 1 amide bonds. The van der Waals surface area contributed by atoms with E-state index in [1.807, 2.05) is 0 Å². The molecule has 1 atom stereocenters. The zero-order valence-corrected chi connectivity index (χ0v) is 17.7. The molecule has 1 unspecified atom stereocenters. The van der Waals surface area contributed by atoms with E-state index < -0.39 is 23.6 Å². The van der Waals surface area contributed by atoms with Crippen molar-refractivity contribution in [3.63, 3.8) is 0 Å². The van der Waals surface area contributed by atoms with Gasteiger partial charge in [-0.25, -0.2) is 0 Å². The fourth-order valence-electron chi connectivity index (χ4n) is 4.56. The fourth-order valence-corrected chi connectivity index (χ4v) is 4.56. The first-order valence-corrected chi connectivity index (χ1v) is 10.2. The number of halogens is 3. The van der Waals surface area contributed by atoms with Crippen molar-refractivity contribution in [3.05, 3.63) is 64.9 Å². The molecule has 0 spiro atoms. The molecule has 0 aromatic heterocycles. The van der Waals surface area contributed by atoms with Crippen LogP contribution in [0.4, 0.5) is 18.9 Å². The van der Waals surface area contributed by atoms with E-state index in [0.29, 0.717) is 41.2 Å². The average molecular weight is 445 g/mol. The van der Waals surface area contributed by atoms with Gasteiger partial charge in [-0.2, -0.15) is 13.2 Å². The highest BCUT2D eigenvalue weighted by Crippen LogP contribution is 2.48. The lowest BCUT2D eigenvalue weighted by Crippen LogP contribution is -2.41. The maximum absolute atomic E-state index is 13.7. The number of anilines is 1. The van der Waals surface area contributed by atoms with Crippen molar-refractivity contribution in [1.82, 2.24) is 0 Å². The van der Waals surface area contributed by atoms with Crippen LogP contribution >= 0.6 is 0 Å². The molecular weight excluding hydrogens is 423 g/mol. The molecule has 5 nitrogen and oxygen atoms in total. The van der Waals surface area contributed by atoms with Crippen molar-refractivity contribution in [2.45, 2.75) is 37.8 Å². The van der Waals surface area contributed by atoms with Gasteiger partial charge in [-0.15, -0.1) is 0 Å². The Kier molecular flexibility index (Phi) is 5.71. The minimum Gasteiger partial charge on any atom is -0.497 e. The van der Waals surface area contributed by atoms with Gasteiger partial charge >= 0.3 is 6.18 Å². The third-order valence-corrected chi connectivity index (χ3v) is 5.94. The number of ether oxygens (including phenoxy) is 2. The van der Waals surface area contributed by atoms with Gasteiger partial charge in [0, 0.05) is 35.6 Å². The lowest BCUT2D eigenvalue weighted by molar-refractivity contribution is -0.137. The Hall–Kier alpha value is -3.29. The van der Waals surface area contributed by atoms with Gasteiger partial charge in [-0.3, -0.25) is 14.5 Å². The van der Waals surface area contributed by atoms with Gasteiger partial charge in [0.05, 0.1) is 25.5 Å². The van der Waals surface area contributed by atoms with Crippen molar-refractivity contribution in [1.29, 1.82) is 0 Å². The van der Waals surface area contributed by atoms with E-state index in [2.05, 4.69) is 0 Å². The van der Waals surface area contributed by atoms with Crippen LogP contribution in [0.25, 0.3) is 0 Å². The molecule has 1 aliphatic heterocycles. The minimum absolute atomic E-state index is 0.152. The maximum Gasteiger partial charge on any atom is 0.418 e. The number of carbonyl (C=O) groups is 2. The molecule has 1 aliphatic carbocycles. The normalized spacial score (nSPS) is 19.2. The molecule has 2 aromatic rings. The standard InChI is InChI=1S/C24H22F3NO4/c1-31-14-10-11-21(32-2)15(12-14)16-13-22(30)28(19-8-5-9-20(29)23(16)19)18-7-4-3-6-17(18)24(25,26)27/h3-4,6-7,10-12,16H,5,8-9,13H2,1-2H3. The third-order valence-electron chi connectivity index (χ3n) is 5.94. The summed E-state index contributed by atoms with van der Waals surface area (Å²) in [6.07, 6.45) is -3.70. The van der Waals surface area contributed by atoms with E-state index in [1.165, 1.54) is 32.4 Å². The van der Waals surface area contributed by atoms with Gasteiger partial charge in [-0.05, 0) is 43.2 Å². The molecule has 8 heteroatoms. The minimum atomic E-state index is -4.64. The molecule has 0 saturated heterocycles. The molecule has 1 heterocycles. The number of Topliss-reactive ketones (excluding diaryl/α,β-unsaturated/α-hetero) is 1. The number of benzene rings is 2. The van der Waals surface area contributed by atoms with Gasteiger partial charge < -0.3 is 9.47 Å². The van der Waals surface area contributed by atoms with Crippen LogP contribution in [0.5, 0.6) is 11.5 Å². The summed E-state index contributed by atoms with van der Waals surface area (Å²) in [4.78, 5) is 27.5. The summed E-state index contributed by atoms with van der Waals surface area (Å²) in [7, 11) is 2.99. The highest BCUT2D eigenvalue weighted by atomic mass is 19.4. The number of nitrogens with zero attached hydrogens (tertiary/aromatic N) is 1. The second-order valence-electron chi connectivity index (χ2n) is 7.75. The summed E-state index contributed by atoms with van der Waals surface area (Å²) >= 11 is 0. The Morgan fingerprint density at radius 3 is 2.44 bits per heavy atom. The first-order chi connectivity index (χ1) is 15.3. The molecule has 0 radical (unpaired) electrons. The highest BCUT2D eigenvalue weighted by Gasteiger charge is 2.43. The van der Waals surface area contributed by atoms with E-state index in [4.69, 9.17) is 9.47 Å². The predicted octanol–water partition coefficient (Wildman–Crippen LogP) is 5.25. The number of rotatable bonds is 4. The summed E-state index contributed by atoms with van der Waals surface area (Å²) in [5.41, 5.74) is 0.161. The molecule has 2 aliphatic rings. The van der Waals surface area contributed by atoms with Crippen LogP contribution < -0.4 is 14.4 Å². The van der Waals surface area contributed by atoms with Crippen LogP contribution in [-0.2, 0) is 15.8 Å². The Morgan fingerprint density at radius 2 is 1.75 bits per heavy atom. The van der Waals surface area contributed by atoms with Crippen LogP contribution in [0.2, 0.25) is 0 Å². The number of amides is 1. The second-order valence-corrected chi connectivity index (χ2v) is 7.75. The van der Waals surface area contributed by atoms with Crippen molar-refractivity contribution in [2.75, 3.05) is 19.1 Å². The number of alkyl halides is 3. The summed E-state index contributed by atoms with van der Waals surface area (Å²) in [6.45, 7) is 0. The lowest BCUT2D eigenvalue weighted by atomic mass is 9.76. The molecule has 168 valence electrons. The third kappa shape index (κ3) is 3.74. The Bertz CT molecular complexity index is 1110. The van der Waals surface area contributed by atoms with Crippen LogP contribution in [0.3, 0.4) is 0 Å². The SMILES string of the molecule is COc1ccc(OC)c(C2CC(=O)N(c3ccccc3C(F)(F)F)C3=C2C(=O)CCC3)c1. The molecular formula is C24H22F3NO4. The highest BCUT2D eigenvalue weighted by molar-refractivity contribution is 6.08. The van der Waals surface area contributed by atoms with Gasteiger partial charge in [0.15, 0.2) is 5.78 Å². The number of allylic oxidation sites excluding steroid dienone is 2. The molecule has 0 fully saturated rings. The smallest absolute Gasteiger partial charge is 0.418 e. The van der Waals surface area contributed by atoms with Crippen molar-refractivity contribution in [3.8, 4) is 11.5 Å². The summed E-state index contributed by atoms with van der Waals surface area (Å²) in [5.74, 6) is -0.265. The van der Waals surface area contributed by atoms with Crippen LogP contribution in [0.1, 0.15) is 42.7 Å². The van der Waals surface area contributed by atoms with E-state index in [-0.39, 0.29) is 24.3 Å². The molecule has 4 rings (SSSR count). The zero-order chi connectivity index (χ0) is 23.0. The Labute approximate surface area is 183 Å². The summed E-state index contributed by atoms with van der Waals surface area (Å²) in [5, 5.41) is 0. The van der Waals surface area contributed by atoms with Gasteiger partial charge in [-0.1, -0.05) is 12.1 Å². The summed E-state index contributed by atoms with van der Waals surface area (Å²) < 4.78 is 51.9. The van der Waals surface area contributed by atoms with Gasteiger partial charge in [0.25, 0.3) is 0 Å².